The van der Waals surface area contributed by atoms with Crippen LogP contribution in [0.25, 0.3) is 0 Å². The summed E-state index contributed by atoms with van der Waals surface area (Å²) in [5.74, 6) is 0.880. The summed E-state index contributed by atoms with van der Waals surface area (Å²) in [4.78, 5) is 13.7. The van der Waals surface area contributed by atoms with Gasteiger partial charge in [-0.15, -0.1) is 11.8 Å². The molecule has 2 aliphatic rings. The number of allylic oxidation sites excluding steroid dienone is 2. The van der Waals surface area contributed by atoms with E-state index in [0.29, 0.717) is 24.4 Å². The molecule has 3 unspecified atom stereocenters. The van der Waals surface area contributed by atoms with Gasteiger partial charge in [-0.05, 0) is 66.5 Å². The van der Waals surface area contributed by atoms with Gasteiger partial charge >= 0.3 is 0 Å². The van der Waals surface area contributed by atoms with Crippen LogP contribution in [-0.2, 0) is 0 Å². The molecule has 0 saturated carbocycles. The molecule has 2 aromatic carbocycles. The number of benzene rings is 2. The fourth-order valence-electron chi connectivity index (χ4n) is 4.22. The lowest BCUT2D eigenvalue weighted by molar-refractivity contribution is 0.0953. The topological polar surface area (TPSA) is 41.1 Å². The Morgan fingerprint density at radius 2 is 2.04 bits per heavy atom. The molecule has 0 saturated heterocycles. The van der Waals surface area contributed by atoms with Crippen molar-refractivity contribution in [3.05, 3.63) is 71.3 Å². The fraction of sp³-hybridized carbons (Fsp3) is 0.348. The normalized spacial score (nSPS) is 22.7. The molecule has 3 atom stereocenters. The van der Waals surface area contributed by atoms with Gasteiger partial charge in [-0.3, -0.25) is 4.79 Å². The fourth-order valence-corrected chi connectivity index (χ4v) is 4.63. The van der Waals surface area contributed by atoms with Crippen LogP contribution in [0.3, 0.4) is 0 Å². The highest BCUT2D eigenvalue weighted by molar-refractivity contribution is 7.98. The summed E-state index contributed by atoms with van der Waals surface area (Å²) in [5.41, 5.74) is 4.48. The van der Waals surface area contributed by atoms with Gasteiger partial charge in [-0.2, -0.15) is 0 Å². The number of nitrogens with one attached hydrogen (secondary N) is 2. The molecule has 4 heteroatoms. The third kappa shape index (κ3) is 3.51. The van der Waals surface area contributed by atoms with Crippen molar-refractivity contribution in [1.82, 2.24) is 5.32 Å². The number of thioether (sulfide) groups is 1. The Morgan fingerprint density at radius 1 is 1.22 bits per heavy atom. The zero-order valence-electron chi connectivity index (χ0n) is 15.9. The second-order valence-electron chi connectivity index (χ2n) is 7.31. The van der Waals surface area contributed by atoms with Crippen LogP contribution in [-0.4, -0.2) is 18.7 Å². The lowest BCUT2D eigenvalue weighted by Gasteiger charge is -2.37. The summed E-state index contributed by atoms with van der Waals surface area (Å²) in [6.45, 7) is 2.78. The Hall–Kier alpha value is -2.20. The van der Waals surface area contributed by atoms with Crippen LogP contribution < -0.4 is 10.6 Å². The van der Waals surface area contributed by atoms with Gasteiger partial charge in [0.25, 0.3) is 5.91 Å². The molecule has 3 nitrogen and oxygen atoms in total. The van der Waals surface area contributed by atoms with Crippen LogP contribution in [0.2, 0.25) is 0 Å². The largest absolute Gasteiger partial charge is 0.378 e. The summed E-state index contributed by atoms with van der Waals surface area (Å²) >= 11 is 1.77. The predicted octanol–water partition coefficient (Wildman–Crippen LogP) is 5.37. The van der Waals surface area contributed by atoms with E-state index >= 15 is 0 Å². The first-order valence-electron chi connectivity index (χ1n) is 9.70. The monoisotopic (exact) mass is 378 g/mol. The molecule has 0 spiro atoms. The van der Waals surface area contributed by atoms with E-state index in [1.54, 1.807) is 11.8 Å². The smallest absolute Gasteiger partial charge is 0.251 e. The molecule has 1 amide bonds. The molecule has 0 fully saturated rings. The minimum absolute atomic E-state index is 0.0213. The Kier molecular flexibility index (Phi) is 5.26. The molecular formula is C23H26N2OS. The highest BCUT2D eigenvalue weighted by atomic mass is 32.2. The first-order valence-corrected chi connectivity index (χ1v) is 10.9. The van der Waals surface area contributed by atoms with Gasteiger partial charge in [0.1, 0.15) is 0 Å². The van der Waals surface area contributed by atoms with Crippen molar-refractivity contribution in [1.29, 1.82) is 0 Å². The molecule has 1 aliphatic heterocycles. The molecule has 0 bridgehead atoms. The Morgan fingerprint density at radius 3 is 2.78 bits per heavy atom. The number of hydrogen-bond donors (Lipinski definition) is 2. The van der Waals surface area contributed by atoms with E-state index in [1.807, 2.05) is 6.07 Å². The minimum Gasteiger partial charge on any atom is -0.378 e. The minimum atomic E-state index is 0.0213. The number of carbonyl (C=O) groups is 1. The molecule has 140 valence electrons. The molecule has 1 heterocycles. The van der Waals surface area contributed by atoms with Crippen LogP contribution in [0, 0.1) is 5.92 Å². The van der Waals surface area contributed by atoms with Gasteiger partial charge < -0.3 is 10.6 Å². The summed E-state index contributed by atoms with van der Waals surface area (Å²) < 4.78 is 0. The van der Waals surface area contributed by atoms with Crippen LogP contribution in [0.15, 0.2) is 59.5 Å². The van der Waals surface area contributed by atoms with Crippen LogP contribution in [0.1, 0.15) is 53.2 Å². The van der Waals surface area contributed by atoms with Gasteiger partial charge in [-0.1, -0.05) is 31.2 Å². The molecule has 2 N–H and O–H groups in total. The number of anilines is 1. The zero-order chi connectivity index (χ0) is 18.8. The van der Waals surface area contributed by atoms with E-state index < -0.39 is 0 Å². The molecular weight excluding hydrogens is 352 g/mol. The summed E-state index contributed by atoms with van der Waals surface area (Å²) in [6.07, 6.45) is 8.73. The summed E-state index contributed by atoms with van der Waals surface area (Å²) in [7, 11) is 0. The number of fused-ring (bicyclic) bond motifs is 3. The van der Waals surface area contributed by atoms with E-state index in [9.17, 15) is 4.79 Å². The van der Waals surface area contributed by atoms with E-state index in [0.717, 1.165) is 24.1 Å². The lowest BCUT2D eigenvalue weighted by Crippen LogP contribution is -2.30. The Bertz CT molecular complexity index is 859. The van der Waals surface area contributed by atoms with E-state index in [2.05, 4.69) is 72.4 Å². The average Bonchev–Trinajstić information content (AvgIpc) is 3.21. The maximum absolute atomic E-state index is 12.4. The zero-order valence-corrected chi connectivity index (χ0v) is 16.7. The summed E-state index contributed by atoms with van der Waals surface area (Å²) in [5, 5.41) is 6.73. The lowest BCUT2D eigenvalue weighted by atomic mass is 9.76. The van der Waals surface area contributed by atoms with Crippen molar-refractivity contribution in [2.45, 2.75) is 36.6 Å². The number of amides is 1. The second-order valence-corrected chi connectivity index (χ2v) is 8.19. The summed E-state index contributed by atoms with van der Waals surface area (Å²) in [6, 6.07) is 15.3. The number of hydrogen-bond acceptors (Lipinski definition) is 3. The first kappa shape index (κ1) is 18.2. The van der Waals surface area contributed by atoms with Crippen molar-refractivity contribution < 1.29 is 4.79 Å². The molecule has 0 radical (unpaired) electrons. The van der Waals surface area contributed by atoms with Crippen molar-refractivity contribution in [2.75, 3.05) is 18.1 Å². The first-order chi connectivity index (χ1) is 13.2. The molecule has 27 heavy (non-hydrogen) atoms. The number of rotatable bonds is 5. The van der Waals surface area contributed by atoms with Crippen LogP contribution in [0.4, 0.5) is 5.69 Å². The van der Waals surface area contributed by atoms with Gasteiger partial charge in [0.2, 0.25) is 0 Å². The predicted molar refractivity (Wildman–Crippen MR) is 114 cm³/mol. The third-order valence-corrected chi connectivity index (χ3v) is 6.38. The van der Waals surface area contributed by atoms with Crippen molar-refractivity contribution >= 4 is 23.4 Å². The molecule has 1 aliphatic carbocycles. The van der Waals surface area contributed by atoms with Gasteiger partial charge in [0, 0.05) is 28.6 Å². The highest BCUT2D eigenvalue weighted by Crippen LogP contribution is 2.50. The molecule has 0 aromatic heterocycles. The average molecular weight is 379 g/mol. The number of carbonyl (C=O) groups excluding carboxylic acids is 1. The Labute approximate surface area is 165 Å². The standard InChI is InChI=1S/C23H26N2OS/c1-3-13-24-23(26)16-9-12-21-20(14-16)18-5-4-6-19(18)22(25-21)15-7-10-17(27-2)11-8-15/h4-5,7-12,14,18-19,22,25H,3,6,13H2,1-2H3,(H,24,26). The van der Waals surface area contributed by atoms with Crippen LogP contribution >= 0.6 is 11.8 Å². The van der Waals surface area contributed by atoms with Gasteiger partial charge in [0.05, 0.1) is 6.04 Å². The maximum atomic E-state index is 12.4. The van der Waals surface area contributed by atoms with E-state index in [-0.39, 0.29) is 5.91 Å². The van der Waals surface area contributed by atoms with E-state index in [4.69, 9.17) is 0 Å². The molecule has 4 rings (SSSR count). The third-order valence-electron chi connectivity index (χ3n) is 5.64. The molecule has 2 aromatic rings. The quantitative estimate of drug-likeness (QED) is 0.542. The van der Waals surface area contributed by atoms with Crippen molar-refractivity contribution in [3.8, 4) is 0 Å². The van der Waals surface area contributed by atoms with Gasteiger partial charge in [-0.25, -0.2) is 0 Å². The SMILES string of the molecule is CCCNC(=O)c1ccc2c(c1)C1C=CCC1C(c1ccc(SC)cc1)N2. The van der Waals surface area contributed by atoms with Gasteiger partial charge in [0.15, 0.2) is 0 Å². The maximum Gasteiger partial charge on any atom is 0.251 e. The Balaban J connectivity index is 1.64. The second kappa shape index (κ2) is 7.81. The van der Waals surface area contributed by atoms with Crippen molar-refractivity contribution in [2.24, 2.45) is 5.92 Å². The van der Waals surface area contributed by atoms with Crippen molar-refractivity contribution in [3.63, 3.8) is 0 Å². The van der Waals surface area contributed by atoms with Crippen LogP contribution in [0.5, 0.6) is 0 Å². The van der Waals surface area contributed by atoms with E-state index in [1.165, 1.54) is 16.0 Å². The highest BCUT2D eigenvalue weighted by Gasteiger charge is 2.38.